The third kappa shape index (κ3) is 15.1. The van der Waals surface area contributed by atoms with Gasteiger partial charge in [0.05, 0.1) is 6.33 Å². The molecule has 0 spiro atoms. The fourth-order valence-electron chi connectivity index (χ4n) is 6.03. The molecular weight excluding hydrogens is 460 g/mol. The molecule has 216 valence electrons. The van der Waals surface area contributed by atoms with Crippen LogP contribution in [0.3, 0.4) is 0 Å². The van der Waals surface area contributed by atoms with E-state index in [0.717, 1.165) is 0 Å². The van der Waals surface area contributed by atoms with Crippen LogP contribution in [0.2, 0.25) is 0 Å². The van der Waals surface area contributed by atoms with Crippen LogP contribution >= 0.6 is 0 Å². The maximum absolute atomic E-state index is 4.31. The largest absolute Gasteiger partial charge is 0.306 e. The molecule has 2 nitrogen and oxygen atoms in total. The van der Waals surface area contributed by atoms with Crippen molar-refractivity contribution in [1.82, 2.24) is 9.55 Å². The third-order valence-electron chi connectivity index (χ3n) is 8.47. The minimum atomic E-state index is 0.673. The second kappa shape index (κ2) is 23.3. The summed E-state index contributed by atoms with van der Waals surface area (Å²) in [4.78, 5) is 4.31. The van der Waals surface area contributed by atoms with E-state index in [1.165, 1.54) is 165 Å². The summed E-state index contributed by atoms with van der Waals surface area (Å²) in [6.45, 7) is 4.61. The summed E-state index contributed by atoms with van der Waals surface area (Å²) < 4.78 is 2.21. The number of nitrogens with zero attached hydrogens (tertiary/aromatic N) is 2. The fourth-order valence-corrected chi connectivity index (χ4v) is 6.03. The fraction of sp³-hybridized carbons (Fsp3) is 0.750. The van der Waals surface area contributed by atoms with Gasteiger partial charge in [-0.15, -0.1) is 0 Å². The van der Waals surface area contributed by atoms with Crippen molar-refractivity contribution in [3.05, 3.63) is 48.5 Å². The van der Waals surface area contributed by atoms with Crippen molar-refractivity contribution < 1.29 is 0 Å². The quantitative estimate of drug-likeness (QED) is 0.112. The number of imidazole rings is 1. The number of para-hydroxylation sites is 1. The average molecular weight is 523 g/mol. The first-order chi connectivity index (χ1) is 18.9. The van der Waals surface area contributed by atoms with E-state index in [1.807, 2.05) is 12.5 Å². The van der Waals surface area contributed by atoms with Crippen LogP contribution in [-0.2, 0) is 0 Å². The average Bonchev–Trinajstić information content (AvgIpc) is 3.48. The third-order valence-corrected chi connectivity index (χ3v) is 8.47. The Morgan fingerprint density at radius 3 is 1.39 bits per heavy atom. The lowest BCUT2D eigenvalue weighted by Gasteiger charge is -2.21. The molecular formula is C36H62N2. The van der Waals surface area contributed by atoms with E-state index in [2.05, 4.69) is 53.9 Å². The van der Waals surface area contributed by atoms with Crippen molar-refractivity contribution in [2.45, 2.75) is 174 Å². The molecule has 0 saturated carbocycles. The van der Waals surface area contributed by atoms with Gasteiger partial charge in [0, 0.05) is 18.1 Å². The van der Waals surface area contributed by atoms with Crippen molar-refractivity contribution in [3.8, 4) is 5.69 Å². The minimum absolute atomic E-state index is 0.673. The Hall–Kier alpha value is -1.57. The van der Waals surface area contributed by atoms with Crippen molar-refractivity contribution in [3.63, 3.8) is 0 Å². The van der Waals surface area contributed by atoms with Gasteiger partial charge in [0.25, 0.3) is 0 Å². The van der Waals surface area contributed by atoms with Crippen LogP contribution in [0.25, 0.3) is 5.69 Å². The van der Waals surface area contributed by atoms with Crippen molar-refractivity contribution in [2.75, 3.05) is 0 Å². The van der Waals surface area contributed by atoms with E-state index in [4.69, 9.17) is 0 Å². The molecule has 1 atom stereocenters. The van der Waals surface area contributed by atoms with E-state index in [-0.39, 0.29) is 0 Å². The van der Waals surface area contributed by atoms with Gasteiger partial charge in [-0.2, -0.15) is 0 Å². The molecule has 0 aliphatic carbocycles. The molecule has 1 heterocycles. The lowest BCUT2D eigenvalue weighted by atomic mass is 9.87. The lowest BCUT2D eigenvalue weighted by molar-refractivity contribution is 0.482. The molecule has 0 bridgehead atoms. The number of aromatic nitrogens is 2. The molecule has 2 heteroatoms. The van der Waals surface area contributed by atoms with E-state index in [1.54, 1.807) is 0 Å². The number of unbranched alkanes of at least 4 members (excludes halogenated alkanes) is 20. The maximum atomic E-state index is 4.31. The standard InChI is InChI=1S/C36H62N2/c1-3-5-7-9-11-12-13-14-15-16-17-18-19-20-22-24-28-34(27-23-21-10-8-6-4-2)35-29-25-26-30-36(35)38-32-31-37-33-38/h25-26,29-34H,3-24,27-28H2,1-2H3/t34-/m0/s1. The highest BCUT2D eigenvalue weighted by Crippen LogP contribution is 2.32. The SMILES string of the molecule is CCCCCCCCCCCCCCCCCC[C@H](CCCCCCCC)c1ccccc1-n1ccnc1. The predicted molar refractivity (Wildman–Crippen MR) is 168 cm³/mol. The van der Waals surface area contributed by atoms with Gasteiger partial charge in [-0.25, -0.2) is 4.98 Å². The van der Waals surface area contributed by atoms with E-state index >= 15 is 0 Å². The Morgan fingerprint density at radius 2 is 0.974 bits per heavy atom. The summed E-state index contributed by atoms with van der Waals surface area (Å²) in [6.07, 6.45) is 39.9. The molecule has 1 aromatic heterocycles. The smallest absolute Gasteiger partial charge is 0.0991 e. The summed E-state index contributed by atoms with van der Waals surface area (Å²) in [6, 6.07) is 9.06. The lowest BCUT2D eigenvalue weighted by Crippen LogP contribution is -2.05. The predicted octanol–water partition coefficient (Wildman–Crippen LogP) is 12.4. The summed E-state index contributed by atoms with van der Waals surface area (Å²) in [5.41, 5.74) is 2.86. The van der Waals surface area contributed by atoms with Crippen LogP contribution in [0, 0.1) is 0 Å². The maximum Gasteiger partial charge on any atom is 0.0991 e. The molecule has 1 aromatic carbocycles. The first-order valence-corrected chi connectivity index (χ1v) is 16.9. The zero-order valence-electron chi connectivity index (χ0n) is 25.5. The zero-order valence-corrected chi connectivity index (χ0v) is 25.5. The Morgan fingerprint density at radius 1 is 0.553 bits per heavy atom. The summed E-state index contributed by atoms with van der Waals surface area (Å²) in [5, 5.41) is 0. The summed E-state index contributed by atoms with van der Waals surface area (Å²) >= 11 is 0. The van der Waals surface area contributed by atoms with E-state index in [9.17, 15) is 0 Å². The molecule has 0 radical (unpaired) electrons. The van der Waals surface area contributed by atoms with E-state index < -0.39 is 0 Å². The monoisotopic (exact) mass is 522 g/mol. The molecule has 0 fully saturated rings. The molecule has 0 aliphatic heterocycles. The van der Waals surface area contributed by atoms with Gasteiger partial charge >= 0.3 is 0 Å². The van der Waals surface area contributed by atoms with E-state index in [0.29, 0.717) is 5.92 Å². The Bertz CT molecular complexity index is 750. The summed E-state index contributed by atoms with van der Waals surface area (Å²) in [5.74, 6) is 0.673. The van der Waals surface area contributed by atoms with Gasteiger partial charge in [0.1, 0.15) is 0 Å². The zero-order chi connectivity index (χ0) is 26.9. The normalized spacial score (nSPS) is 12.3. The first kappa shape index (κ1) is 32.6. The number of benzene rings is 1. The van der Waals surface area contributed by atoms with Gasteiger partial charge < -0.3 is 4.57 Å². The topological polar surface area (TPSA) is 17.8 Å². The highest BCUT2D eigenvalue weighted by Gasteiger charge is 2.16. The molecule has 0 N–H and O–H groups in total. The minimum Gasteiger partial charge on any atom is -0.306 e. The number of hydrogen-bond donors (Lipinski definition) is 0. The van der Waals surface area contributed by atoms with Gasteiger partial charge in [-0.1, -0.05) is 173 Å². The van der Waals surface area contributed by atoms with Crippen LogP contribution in [0.4, 0.5) is 0 Å². The second-order valence-electron chi connectivity index (χ2n) is 11.9. The second-order valence-corrected chi connectivity index (χ2v) is 11.9. The Labute approximate surface area is 237 Å². The van der Waals surface area contributed by atoms with Gasteiger partial charge in [0.15, 0.2) is 0 Å². The molecule has 2 aromatic rings. The molecule has 0 aliphatic rings. The van der Waals surface area contributed by atoms with Crippen molar-refractivity contribution in [1.29, 1.82) is 0 Å². The van der Waals surface area contributed by atoms with Crippen LogP contribution in [0.5, 0.6) is 0 Å². The Balaban J connectivity index is 1.61. The molecule has 0 unspecified atom stereocenters. The highest BCUT2D eigenvalue weighted by molar-refractivity contribution is 5.43. The first-order valence-electron chi connectivity index (χ1n) is 16.9. The molecule has 0 amide bonds. The van der Waals surface area contributed by atoms with Crippen LogP contribution in [0.15, 0.2) is 43.0 Å². The number of hydrogen-bond acceptors (Lipinski definition) is 1. The molecule has 2 rings (SSSR count). The molecule has 38 heavy (non-hydrogen) atoms. The van der Waals surface area contributed by atoms with Crippen molar-refractivity contribution in [2.24, 2.45) is 0 Å². The van der Waals surface area contributed by atoms with Crippen LogP contribution in [0.1, 0.15) is 179 Å². The van der Waals surface area contributed by atoms with Gasteiger partial charge in [-0.05, 0) is 30.4 Å². The highest BCUT2D eigenvalue weighted by atomic mass is 15.0. The van der Waals surface area contributed by atoms with Crippen molar-refractivity contribution >= 4 is 0 Å². The number of rotatable bonds is 26. The van der Waals surface area contributed by atoms with Crippen LogP contribution in [-0.4, -0.2) is 9.55 Å². The van der Waals surface area contributed by atoms with Gasteiger partial charge in [0.2, 0.25) is 0 Å². The molecule has 0 saturated heterocycles. The van der Waals surface area contributed by atoms with Gasteiger partial charge in [-0.3, -0.25) is 0 Å². The van der Waals surface area contributed by atoms with Crippen LogP contribution < -0.4 is 0 Å². The Kier molecular flexibility index (Phi) is 20.0. The summed E-state index contributed by atoms with van der Waals surface area (Å²) in [7, 11) is 0.